The van der Waals surface area contributed by atoms with E-state index in [-0.39, 0.29) is 0 Å². The van der Waals surface area contributed by atoms with Crippen LogP contribution in [-0.2, 0) is 0 Å². The van der Waals surface area contributed by atoms with Gasteiger partial charge in [0.25, 0.3) is 0 Å². The van der Waals surface area contributed by atoms with Gasteiger partial charge in [0, 0.05) is 6.21 Å². The second kappa shape index (κ2) is 2.90. The lowest BCUT2D eigenvalue weighted by atomic mass is 10.3. The van der Waals surface area contributed by atoms with Crippen LogP contribution in [0.2, 0.25) is 0 Å². The van der Waals surface area contributed by atoms with Crippen molar-refractivity contribution in [2.45, 2.75) is 13.0 Å². The van der Waals surface area contributed by atoms with Crippen LogP contribution in [0.1, 0.15) is 16.7 Å². The van der Waals surface area contributed by atoms with E-state index in [1.807, 2.05) is 6.92 Å². The van der Waals surface area contributed by atoms with E-state index in [1.165, 1.54) is 11.3 Å². The third kappa shape index (κ3) is 1.22. The quantitative estimate of drug-likeness (QED) is 0.631. The van der Waals surface area contributed by atoms with Crippen molar-refractivity contribution in [1.29, 1.82) is 5.41 Å². The molecule has 1 unspecified atom stereocenters. The van der Waals surface area contributed by atoms with Crippen molar-refractivity contribution in [2.24, 2.45) is 0 Å². The normalized spacial score (nSPS) is 13.0. The molecule has 2 N–H and O–H groups in total. The molecular formula is C6H8N2OS. The van der Waals surface area contributed by atoms with Crippen LogP contribution in [0.3, 0.4) is 0 Å². The molecule has 3 nitrogen and oxygen atoms in total. The molecule has 1 aromatic rings. The van der Waals surface area contributed by atoms with E-state index in [4.69, 9.17) is 10.5 Å². The molecule has 1 atom stereocenters. The average Bonchev–Trinajstić information content (AvgIpc) is 2.34. The van der Waals surface area contributed by atoms with E-state index >= 15 is 0 Å². The maximum atomic E-state index is 9.13. The summed E-state index contributed by atoms with van der Waals surface area (Å²) in [5, 5.41) is 15.9. The van der Waals surface area contributed by atoms with Gasteiger partial charge in [0.05, 0.1) is 16.1 Å². The Labute approximate surface area is 62.9 Å². The smallest absolute Gasteiger partial charge is 0.124 e. The lowest BCUT2D eigenvalue weighted by Crippen LogP contribution is -1.96. The monoisotopic (exact) mass is 156 g/mol. The summed E-state index contributed by atoms with van der Waals surface area (Å²) in [6.45, 7) is 1.82. The average molecular weight is 156 g/mol. The first-order chi connectivity index (χ1) is 4.75. The van der Waals surface area contributed by atoms with Gasteiger partial charge in [-0.3, -0.25) is 0 Å². The molecule has 54 valence electrons. The molecule has 0 aliphatic rings. The Morgan fingerprint density at radius 3 is 3.00 bits per heavy atom. The summed E-state index contributed by atoms with van der Waals surface area (Å²) in [7, 11) is 0. The first kappa shape index (κ1) is 7.37. The van der Waals surface area contributed by atoms with Crippen LogP contribution in [0.15, 0.2) is 5.51 Å². The summed E-state index contributed by atoms with van der Waals surface area (Å²) >= 11 is 1.37. The van der Waals surface area contributed by atoms with Gasteiger partial charge < -0.3 is 10.5 Å². The number of nitrogens with one attached hydrogen (secondary N) is 1. The number of rotatable bonds is 2. The van der Waals surface area contributed by atoms with Crippen LogP contribution in [-0.4, -0.2) is 16.3 Å². The van der Waals surface area contributed by atoms with Crippen LogP contribution in [0.25, 0.3) is 0 Å². The van der Waals surface area contributed by atoms with Gasteiger partial charge in [0.15, 0.2) is 0 Å². The standard InChI is InChI=1S/C6H8N2OS/c1-4-6(5(9)2-7)10-3-8-4/h2-3,5,7,9H,1H3. The minimum atomic E-state index is -0.771. The summed E-state index contributed by atoms with van der Waals surface area (Å²) in [6.07, 6.45) is 0.230. The number of hydrogen-bond donors (Lipinski definition) is 2. The van der Waals surface area contributed by atoms with Gasteiger partial charge in [-0.05, 0) is 6.92 Å². The third-order valence-electron chi connectivity index (χ3n) is 1.21. The zero-order valence-corrected chi connectivity index (χ0v) is 6.35. The molecular weight excluding hydrogens is 148 g/mol. The maximum Gasteiger partial charge on any atom is 0.124 e. The summed E-state index contributed by atoms with van der Waals surface area (Å²) in [4.78, 5) is 4.70. The van der Waals surface area contributed by atoms with Crippen molar-refractivity contribution in [1.82, 2.24) is 4.98 Å². The van der Waals surface area contributed by atoms with E-state index in [0.29, 0.717) is 0 Å². The van der Waals surface area contributed by atoms with E-state index < -0.39 is 6.10 Å². The predicted octanol–water partition coefficient (Wildman–Crippen LogP) is 1.13. The Bertz CT molecular complexity index is 233. The molecule has 0 fully saturated rings. The molecule has 0 spiro atoms. The van der Waals surface area contributed by atoms with E-state index in [1.54, 1.807) is 5.51 Å². The molecule has 0 bridgehead atoms. The minimum Gasteiger partial charge on any atom is -0.382 e. The molecule has 0 amide bonds. The summed E-state index contributed by atoms with van der Waals surface area (Å²) < 4.78 is 0. The van der Waals surface area contributed by atoms with Gasteiger partial charge in [-0.2, -0.15) is 0 Å². The molecule has 0 radical (unpaired) electrons. The molecule has 1 aromatic heterocycles. The van der Waals surface area contributed by atoms with Crippen molar-refractivity contribution in [3.05, 3.63) is 16.1 Å². The number of thiazole rings is 1. The lowest BCUT2D eigenvalue weighted by molar-refractivity contribution is 0.254. The molecule has 0 saturated carbocycles. The second-order valence-electron chi connectivity index (χ2n) is 1.91. The largest absolute Gasteiger partial charge is 0.382 e. The van der Waals surface area contributed by atoms with Crippen molar-refractivity contribution in [3.8, 4) is 0 Å². The molecule has 0 saturated heterocycles. The molecule has 4 heteroatoms. The number of aryl methyl sites for hydroxylation is 1. The minimum absolute atomic E-state index is 0.759. The second-order valence-corrected chi connectivity index (χ2v) is 2.80. The van der Waals surface area contributed by atoms with Gasteiger partial charge in [0.1, 0.15) is 6.10 Å². The molecule has 1 heterocycles. The van der Waals surface area contributed by atoms with Crippen LogP contribution in [0.4, 0.5) is 0 Å². The summed E-state index contributed by atoms with van der Waals surface area (Å²) in [5.41, 5.74) is 2.47. The third-order valence-corrected chi connectivity index (χ3v) is 2.21. The Morgan fingerprint density at radius 1 is 1.90 bits per heavy atom. The number of aliphatic hydroxyl groups is 1. The molecule has 1 rings (SSSR count). The number of aliphatic hydroxyl groups excluding tert-OH is 1. The van der Waals surface area contributed by atoms with Crippen LogP contribution in [0, 0.1) is 12.3 Å². The van der Waals surface area contributed by atoms with Crippen molar-refractivity contribution < 1.29 is 5.11 Å². The van der Waals surface area contributed by atoms with Gasteiger partial charge in [-0.1, -0.05) is 0 Å². The highest BCUT2D eigenvalue weighted by Gasteiger charge is 2.08. The highest BCUT2D eigenvalue weighted by atomic mass is 32.1. The zero-order valence-electron chi connectivity index (χ0n) is 5.53. The van der Waals surface area contributed by atoms with E-state index in [2.05, 4.69) is 4.98 Å². The Hall–Kier alpha value is -0.740. The molecule has 0 aromatic carbocycles. The van der Waals surface area contributed by atoms with Crippen molar-refractivity contribution in [2.75, 3.05) is 0 Å². The summed E-state index contributed by atoms with van der Waals surface area (Å²) in [5.74, 6) is 0. The lowest BCUT2D eigenvalue weighted by Gasteiger charge is -1.99. The predicted molar refractivity (Wildman–Crippen MR) is 40.6 cm³/mol. The fraction of sp³-hybridized carbons (Fsp3) is 0.333. The van der Waals surface area contributed by atoms with Gasteiger partial charge in [-0.15, -0.1) is 11.3 Å². The highest BCUT2D eigenvalue weighted by molar-refractivity contribution is 7.09. The van der Waals surface area contributed by atoms with Gasteiger partial charge >= 0.3 is 0 Å². The first-order valence-electron chi connectivity index (χ1n) is 2.84. The number of hydrogen-bond acceptors (Lipinski definition) is 4. The first-order valence-corrected chi connectivity index (χ1v) is 3.72. The fourth-order valence-corrected chi connectivity index (χ4v) is 1.43. The van der Waals surface area contributed by atoms with Crippen LogP contribution >= 0.6 is 11.3 Å². The molecule has 0 aliphatic carbocycles. The maximum absolute atomic E-state index is 9.13. The Morgan fingerprint density at radius 2 is 2.60 bits per heavy atom. The Kier molecular flexibility index (Phi) is 2.13. The van der Waals surface area contributed by atoms with Crippen molar-refractivity contribution in [3.63, 3.8) is 0 Å². The molecule has 0 aliphatic heterocycles. The van der Waals surface area contributed by atoms with Gasteiger partial charge in [0.2, 0.25) is 0 Å². The SMILES string of the molecule is Cc1ncsc1C(O)C=N. The topological polar surface area (TPSA) is 57.0 Å². The number of aromatic nitrogens is 1. The number of nitrogens with zero attached hydrogens (tertiary/aromatic N) is 1. The van der Waals surface area contributed by atoms with Crippen LogP contribution < -0.4 is 0 Å². The molecule has 10 heavy (non-hydrogen) atoms. The van der Waals surface area contributed by atoms with Crippen molar-refractivity contribution >= 4 is 17.6 Å². The summed E-state index contributed by atoms with van der Waals surface area (Å²) in [6, 6.07) is 0. The highest BCUT2D eigenvalue weighted by Crippen LogP contribution is 2.19. The fourth-order valence-electron chi connectivity index (χ4n) is 0.671. The van der Waals surface area contributed by atoms with Crippen LogP contribution in [0.5, 0.6) is 0 Å². The van der Waals surface area contributed by atoms with E-state index in [9.17, 15) is 0 Å². The van der Waals surface area contributed by atoms with Gasteiger partial charge in [-0.25, -0.2) is 4.98 Å². The Balaban J connectivity index is 2.92. The zero-order chi connectivity index (χ0) is 7.56. The van der Waals surface area contributed by atoms with E-state index in [0.717, 1.165) is 16.8 Å².